The van der Waals surface area contributed by atoms with Crippen molar-refractivity contribution in [3.8, 4) is 5.75 Å². The minimum Gasteiger partial charge on any atom is -0.485 e. The van der Waals surface area contributed by atoms with E-state index in [-0.39, 0.29) is 18.5 Å². The van der Waals surface area contributed by atoms with Crippen LogP contribution in [0.4, 0.5) is 4.39 Å². The molecule has 0 aliphatic rings. The van der Waals surface area contributed by atoms with Crippen molar-refractivity contribution in [1.29, 1.82) is 0 Å². The maximum absolute atomic E-state index is 13.2. The summed E-state index contributed by atoms with van der Waals surface area (Å²) in [5.74, 6) is 1.25. The number of halogens is 1. The van der Waals surface area contributed by atoms with E-state index in [0.29, 0.717) is 23.0 Å². The minimum absolute atomic E-state index is 0.165. The van der Waals surface area contributed by atoms with E-state index in [1.54, 1.807) is 13.0 Å². The van der Waals surface area contributed by atoms with Crippen LogP contribution < -0.4 is 10.5 Å². The number of hydrogen-bond acceptors (Lipinski definition) is 5. The van der Waals surface area contributed by atoms with Crippen LogP contribution in [0.5, 0.6) is 5.75 Å². The van der Waals surface area contributed by atoms with Crippen molar-refractivity contribution in [2.75, 3.05) is 0 Å². The highest BCUT2D eigenvalue weighted by molar-refractivity contribution is 5.36. The van der Waals surface area contributed by atoms with Gasteiger partial charge in [-0.2, -0.15) is 4.98 Å². The van der Waals surface area contributed by atoms with Crippen LogP contribution in [0.15, 0.2) is 22.7 Å². The van der Waals surface area contributed by atoms with Crippen molar-refractivity contribution in [1.82, 2.24) is 10.1 Å². The van der Waals surface area contributed by atoms with Crippen LogP contribution in [0.2, 0.25) is 0 Å². The second-order valence-electron chi connectivity index (χ2n) is 4.61. The summed E-state index contributed by atoms with van der Waals surface area (Å²) < 4.78 is 23.9. The van der Waals surface area contributed by atoms with E-state index in [0.717, 1.165) is 12.8 Å². The van der Waals surface area contributed by atoms with Crippen LogP contribution in [0.25, 0.3) is 0 Å². The topological polar surface area (TPSA) is 74.2 Å². The average molecular weight is 279 g/mol. The number of aryl methyl sites for hydroxylation is 1. The molecule has 5 nitrogen and oxygen atoms in total. The third-order valence-electron chi connectivity index (χ3n) is 2.79. The quantitative estimate of drug-likeness (QED) is 0.880. The normalized spacial score (nSPS) is 12.4. The Kier molecular flexibility index (Phi) is 4.68. The molecule has 0 fully saturated rings. The third-order valence-corrected chi connectivity index (χ3v) is 2.79. The zero-order chi connectivity index (χ0) is 14.5. The second kappa shape index (κ2) is 6.47. The van der Waals surface area contributed by atoms with E-state index in [9.17, 15) is 4.39 Å². The van der Waals surface area contributed by atoms with E-state index in [2.05, 4.69) is 10.1 Å². The second-order valence-corrected chi connectivity index (χ2v) is 4.61. The molecule has 20 heavy (non-hydrogen) atoms. The Labute approximate surface area is 116 Å². The fraction of sp³-hybridized carbons (Fsp3) is 0.429. The van der Waals surface area contributed by atoms with Gasteiger partial charge in [-0.15, -0.1) is 0 Å². The van der Waals surface area contributed by atoms with Gasteiger partial charge in [0.1, 0.15) is 11.6 Å². The Hall–Kier alpha value is -1.95. The number of hydrogen-bond donors (Lipinski definition) is 1. The summed E-state index contributed by atoms with van der Waals surface area (Å²) >= 11 is 0. The Morgan fingerprint density at radius 2 is 2.25 bits per heavy atom. The van der Waals surface area contributed by atoms with Gasteiger partial charge < -0.3 is 15.0 Å². The highest BCUT2D eigenvalue weighted by Crippen LogP contribution is 2.25. The molecule has 0 aliphatic carbocycles. The van der Waals surface area contributed by atoms with Gasteiger partial charge in [-0.25, -0.2) is 4.39 Å². The molecule has 0 spiro atoms. The van der Waals surface area contributed by atoms with Gasteiger partial charge in [0.2, 0.25) is 11.7 Å². The van der Waals surface area contributed by atoms with E-state index >= 15 is 0 Å². The molecule has 0 unspecified atom stereocenters. The number of ether oxygens (including phenoxy) is 1. The van der Waals surface area contributed by atoms with Crippen LogP contribution in [-0.2, 0) is 13.0 Å². The summed E-state index contributed by atoms with van der Waals surface area (Å²) in [5.41, 5.74) is 6.41. The molecule has 1 heterocycles. The lowest BCUT2D eigenvalue weighted by Crippen LogP contribution is -2.09. The fourth-order valence-electron chi connectivity index (χ4n) is 1.81. The number of nitrogens with two attached hydrogens (primary N) is 1. The molecular weight excluding hydrogens is 261 g/mol. The summed E-state index contributed by atoms with van der Waals surface area (Å²) in [6.45, 7) is 3.97. The van der Waals surface area contributed by atoms with Crippen molar-refractivity contribution in [2.45, 2.75) is 39.3 Å². The smallest absolute Gasteiger partial charge is 0.226 e. The summed E-state index contributed by atoms with van der Waals surface area (Å²) in [5, 5.41) is 3.83. The number of aromatic nitrogens is 2. The van der Waals surface area contributed by atoms with Crippen molar-refractivity contribution >= 4 is 0 Å². The molecule has 0 radical (unpaired) electrons. The summed E-state index contributed by atoms with van der Waals surface area (Å²) in [7, 11) is 0. The maximum atomic E-state index is 13.2. The SMILES string of the molecule is CCCc1nc(COc2ccc(F)cc2[C@@H](C)N)no1. The van der Waals surface area contributed by atoms with Gasteiger partial charge in [-0.3, -0.25) is 0 Å². The number of rotatable bonds is 6. The van der Waals surface area contributed by atoms with Crippen LogP contribution in [0.1, 0.15) is 43.6 Å². The van der Waals surface area contributed by atoms with Crippen LogP contribution in [0.3, 0.4) is 0 Å². The summed E-state index contributed by atoms with van der Waals surface area (Å²) in [6.07, 6.45) is 1.68. The molecule has 1 aromatic heterocycles. The van der Waals surface area contributed by atoms with Gasteiger partial charge >= 0.3 is 0 Å². The highest BCUT2D eigenvalue weighted by Gasteiger charge is 2.11. The minimum atomic E-state index is -0.338. The third kappa shape index (κ3) is 3.54. The van der Waals surface area contributed by atoms with Gasteiger partial charge in [-0.05, 0) is 31.5 Å². The number of benzene rings is 1. The van der Waals surface area contributed by atoms with E-state index < -0.39 is 0 Å². The molecule has 108 valence electrons. The van der Waals surface area contributed by atoms with E-state index in [1.807, 2.05) is 6.92 Å². The van der Waals surface area contributed by atoms with Crippen molar-refractivity contribution in [3.05, 3.63) is 41.3 Å². The first-order valence-electron chi connectivity index (χ1n) is 6.59. The van der Waals surface area contributed by atoms with Gasteiger partial charge in [0.25, 0.3) is 0 Å². The van der Waals surface area contributed by atoms with Gasteiger partial charge in [0, 0.05) is 18.0 Å². The predicted octanol–water partition coefficient (Wildman–Crippen LogP) is 2.76. The first-order chi connectivity index (χ1) is 9.60. The van der Waals surface area contributed by atoms with Crippen LogP contribution in [0, 0.1) is 5.82 Å². The Balaban J connectivity index is 2.06. The molecule has 0 amide bonds. The van der Waals surface area contributed by atoms with E-state index in [4.69, 9.17) is 15.0 Å². The highest BCUT2D eigenvalue weighted by atomic mass is 19.1. The molecule has 0 saturated heterocycles. The molecule has 1 atom stereocenters. The van der Waals surface area contributed by atoms with Gasteiger partial charge in [0.15, 0.2) is 6.61 Å². The number of nitrogens with zero attached hydrogens (tertiary/aromatic N) is 2. The molecule has 6 heteroatoms. The molecule has 0 bridgehead atoms. The van der Waals surface area contributed by atoms with Crippen molar-refractivity contribution in [3.63, 3.8) is 0 Å². The zero-order valence-electron chi connectivity index (χ0n) is 11.6. The summed E-state index contributed by atoms with van der Waals surface area (Å²) in [6, 6.07) is 3.95. The Bertz CT molecular complexity index is 569. The Morgan fingerprint density at radius 1 is 1.45 bits per heavy atom. The van der Waals surface area contributed by atoms with Crippen LogP contribution in [-0.4, -0.2) is 10.1 Å². The molecule has 2 rings (SSSR count). The molecule has 2 N–H and O–H groups in total. The maximum Gasteiger partial charge on any atom is 0.226 e. The lowest BCUT2D eigenvalue weighted by molar-refractivity contribution is 0.281. The Morgan fingerprint density at radius 3 is 2.95 bits per heavy atom. The molecule has 2 aromatic rings. The lowest BCUT2D eigenvalue weighted by atomic mass is 10.1. The monoisotopic (exact) mass is 279 g/mol. The fourth-order valence-corrected chi connectivity index (χ4v) is 1.81. The standard InChI is InChI=1S/C14H18FN3O2/c1-3-4-14-17-13(18-20-14)8-19-12-6-5-10(15)7-11(12)9(2)16/h5-7,9H,3-4,8,16H2,1-2H3/t9-/m1/s1. The first-order valence-corrected chi connectivity index (χ1v) is 6.59. The van der Waals surface area contributed by atoms with Gasteiger partial charge in [-0.1, -0.05) is 12.1 Å². The van der Waals surface area contributed by atoms with Crippen molar-refractivity contribution < 1.29 is 13.7 Å². The molecular formula is C14H18FN3O2. The predicted molar refractivity (Wildman–Crippen MR) is 71.6 cm³/mol. The average Bonchev–Trinajstić information content (AvgIpc) is 2.85. The van der Waals surface area contributed by atoms with Gasteiger partial charge in [0.05, 0.1) is 0 Å². The summed E-state index contributed by atoms with van der Waals surface area (Å²) in [4.78, 5) is 4.20. The molecule has 0 aliphatic heterocycles. The molecule has 1 aromatic carbocycles. The van der Waals surface area contributed by atoms with Crippen molar-refractivity contribution in [2.24, 2.45) is 5.73 Å². The van der Waals surface area contributed by atoms with Crippen LogP contribution >= 0.6 is 0 Å². The van der Waals surface area contributed by atoms with E-state index in [1.165, 1.54) is 12.1 Å². The largest absolute Gasteiger partial charge is 0.485 e. The molecule has 0 saturated carbocycles. The zero-order valence-corrected chi connectivity index (χ0v) is 11.6. The lowest BCUT2D eigenvalue weighted by Gasteiger charge is -2.12. The first kappa shape index (κ1) is 14.5.